The number of amides is 3. The van der Waals surface area contributed by atoms with E-state index >= 15 is 0 Å². The van der Waals surface area contributed by atoms with E-state index in [1.54, 1.807) is 63.2 Å². The molecular formula is C23H24N4O4. The third-order valence-corrected chi connectivity index (χ3v) is 4.82. The van der Waals surface area contributed by atoms with Crippen molar-refractivity contribution in [1.29, 1.82) is 0 Å². The van der Waals surface area contributed by atoms with Gasteiger partial charge in [0.2, 0.25) is 0 Å². The van der Waals surface area contributed by atoms with Crippen molar-refractivity contribution in [3.8, 4) is 0 Å². The first-order chi connectivity index (χ1) is 14.7. The van der Waals surface area contributed by atoms with E-state index in [2.05, 4.69) is 10.7 Å². The Kier molecular flexibility index (Phi) is 5.14. The minimum Gasteiger partial charge on any atom is -0.442 e. The van der Waals surface area contributed by atoms with Crippen LogP contribution in [0.25, 0.3) is 10.9 Å². The normalized spacial score (nSPS) is 13.3. The molecule has 2 heterocycles. The number of nitrogens with zero attached hydrogens (tertiary/aromatic N) is 2. The molecule has 0 unspecified atom stereocenters. The van der Waals surface area contributed by atoms with Gasteiger partial charge in [-0.25, -0.2) is 4.79 Å². The zero-order valence-corrected chi connectivity index (χ0v) is 17.6. The fourth-order valence-corrected chi connectivity index (χ4v) is 3.46. The number of hydrazine groups is 1. The fraction of sp³-hybridized carbons (Fsp3) is 0.261. The van der Waals surface area contributed by atoms with Gasteiger partial charge in [-0.15, -0.1) is 0 Å². The molecule has 160 valence electrons. The number of nitrogens with one attached hydrogen (secondary N) is 2. The summed E-state index contributed by atoms with van der Waals surface area (Å²) >= 11 is 0. The zero-order chi connectivity index (χ0) is 22.2. The van der Waals surface area contributed by atoms with Gasteiger partial charge in [-0.3, -0.25) is 15.0 Å². The number of para-hydroxylation sites is 1. The summed E-state index contributed by atoms with van der Waals surface area (Å²) in [7, 11) is 0. The Labute approximate surface area is 179 Å². The Bertz CT molecular complexity index is 1160. The Morgan fingerprint density at radius 1 is 1.10 bits per heavy atom. The van der Waals surface area contributed by atoms with E-state index in [4.69, 9.17) is 4.74 Å². The Hall–Kier alpha value is -3.81. The van der Waals surface area contributed by atoms with Gasteiger partial charge in [-0.2, -0.15) is 5.01 Å². The van der Waals surface area contributed by atoms with Crippen LogP contribution in [0.2, 0.25) is 0 Å². The summed E-state index contributed by atoms with van der Waals surface area (Å²) in [5.74, 6) is -0.596. The molecule has 8 nitrogen and oxygen atoms in total. The topological polar surface area (TPSA) is 92.7 Å². The van der Waals surface area contributed by atoms with Crippen molar-refractivity contribution >= 4 is 34.5 Å². The number of benzene rings is 2. The van der Waals surface area contributed by atoms with Crippen LogP contribution in [0, 0.1) is 0 Å². The van der Waals surface area contributed by atoms with E-state index in [0.717, 1.165) is 15.9 Å². The van der Waals surface area contributed by atoms with Crippen LogP contribution >= 0.6 is 0 Å². The van der Waals surface area contributed by atoms with Gasteiger partial charge in [-0.1, -0.05) is 24.3 Å². The van der Waals surface area contributed by atoms with Crippen LogP contribution in [0.4, 0.5) is 10.5 Å². The summed E-state index contributed by atoms with van der Waals surface area (Å²) in [4.78, 5) is 37.9. The third-order valence-electron chi connectivity index (χ3n) is 4.82. The van der Waals surface area contributed by atoms with Gasteiger partial charge in [0.25, 0.3) is 11.8 Å². The predicted octanol–water partition coefficient (Wildman–Crippen LogP) is 3.47. The average molecular weight is 420 g/mol. The van der Waals surface area contributed by atoms with E-state index < -0.39 is 17.6 Å². The predicted molar refractivity (Wildman–Crippen MR) is 117 cm³/mol. The lowest BCUT2D eigenvalue weighted by Gasteiger charge is -2.27. The monoisotopic (exact) mass is 420 g/mol. The molecule has 1 aromatic heterocycles. The lowest BCUT2D eigenvalue weighted by molar-refractivity contribution is 0.0548. The standard InChI is InChI=1S/C23H24N4O4/c1-23(2,3)31-22(30)27(17-7-5-4-6-8-17)25-20(28)16-10-9-15-13-19-21(29)24-11-12-26(19)18(15)14-16/h4-10,13-14H,11-12H2,1-3H3,(H,24,29)(H,25,28). The van der Waals surface area contributed by atoms with Gasteiger partial charge in [0, 0.05) is 29.6 Å². The molecule has 31 heavy (non-hydrogen) atoms. The molecule has 4 rings (SSSR count). The van der Waals surface area contributed by atoms with Gasteiger partial charge in [0.05, 0.1) is 5.69 Å². The highest BCUT2D eigenvalue weighted by Gasteiger charge is 2.26. The number of carbonyl (C=O) groups excluding carboxylic acids is 3. The average Bonchev–Trinajstić information content (AvgIpc) is 3.10. The second-order valence-corrected chi connectivity index (χ2v) is 8.30. The van der Waals surface area contributed by atoms with Crippen LogP contribution in [0.15, 0.2) is 54.6 Å². The number of aromatic nitrogens is 1. The van der Waals surface area contributed by atoms with Gasteiger partial charge >= 0.3 is 6.09 Å². The largest absolute Gasteiger partial charge is 0.442 e. The second-order valence-electron chi connectivity index (χ2n) is 8.30. The van der Waals surface area contributed by atoms with E-state index in [0.29, 0.717) is 30.0 Å². The minimum absolute atomic E-state index is 0.131. The first kappa shape index (κ1) is 20.5. The molecule has 2 aromatic carbocycles. The first-order valence-corrected chi connectivity index (χ1v) is 10.0. The number of carbonyl (C=O) groups is 3. The van der Waals surface area contributed by atoms with Gasteiger partial charge < -0.3 is 14.6 Å². The summed E-state index contributed by atoms with van der Waals surface area (Å²) in [5.41, 5.74) is 4.13. The molecular weight excluding hydrogens is 396 g/mol. The Morgan fingerprint density at radius 2 is 1.84 bits per heavy atom. The van der Waals surface area contributed by atoms with Crippen LogP contribution in [-0.2, 0) is 11.3 Å². The van der Waals surface area contributed by atoms with Gasteiger partial charge in [-0.05, 0) is 51.1 Å². The van der Waals surface area contributed by atoms with Crippen molar-refractivity contribution in [1.82, 2.24) is 15.3 Å². The maximum atomic E-state index is 13.0. The number of hydrogen-bond acceptors (Lipinski definition) is 4. The molecule has 2 N–H and O–H groups in total. The molecule has 8 heteroatoms. The van der Waals surface area contributed by atoms with Crippen molar-refractivity contribution in [2.45, 2.75) is 32.9 Å². The van der Waals surface area contributed by atoms with E-state index in [9.17, 15) is 14.4 Å². The number of hydrogen-bond donors (Lipinski definition) is 2. The van der Waals surface area contributed by atoms with Crippen molar-refractivity contribution in [3.05, 3.63) is 65.9 Å². The van der Waals surface area contributed by atoms with Crippen LogP contribution in [0.1, 0.15) is 41.6 Å². The van der Waals surface area contributed by atoms with E-state index in [1.165, 1.54) is 0 Å². The summed E-state index contributed by atoms with van der Waals surface area (Å²) in [6, 6.07) is 15.8. The Balaban J connectivity index is 1.64. The first-order valence-electron chi connectivity index (χ1n) is 10.0. The molecule has 1 aliphatic rings. The van der Waals surface area contributed by atoms with E-state index in [-0.39, 0.29) is 5.91 Å². The molecule has 0 spiro atoms. The molecule has 0 atom stereocenters. The fourth-order valence-electron chi connectivity index (χ4n) is 3.46. The summed E-state index contributed by atoms with van der Waals surface area (Å²) < 4.78 is 7.36. The van der Waals surface area contributed by atoms with Crippen LogP contribution in [0.3, 0.4) is 0 Å². The van der Waals surface area contributed by atoms with Crippen molar-refractivity contribution < 1.29 is 19.1 Å². The lowest BCUT2D eigenvalue weighted by atomic mass is 10.1. The highest BCUT2D eigenvalue weighted by Crippen LogP contribution is 2.23. The number of anilines is 1. The molecule has 1 aliphatic heterocycles. The summed E-state index contributed by atoms with van der Waals surface area (Å²) in [6.07, 6.45) is -0.690. The minimum atomic E-state index is -0.723. The quantitative estimate of drug-likeness (QED) is 0.621. The zero-order valence-electron chi connectivity index (χ0n) is 17.6. The molecule has 0 saturated heterocycles. The molecule has 3 aromatic rings. The molecule has 0 bridgehead atoms. The summed E-state index contributed by atoms with van der Waals surface area (Å²) in [5, 5.41) is 4.78. The number of rotatable bonds is 2. The van der Waals surface area contributed by atoms with Gasteiger partial charge in [0.1, 0.15) is 11.3 Å². The molecule has 0 saturated carbocycles. The second kappa shape index (κ2) is 7.79. The maximum Gasteiger partial charge on any atom is 0.434 e. The lowest BCUT2D eigenvalue weighted by Crippen LogP contribution is -2.48. The van der Waals surface area contributed by atoms with Crippen LogP contribution in [-0.4, -0.2) is 34.6 Å². The highest BCUT2D eigenvalue weighted by atomic mass is 16.6. The number of ether oxygens (including phenoxy) is 1. The molecule has 3 amide bonds. The van der Waals surface area contributed by atoms with Crippen LogP contribution < -0.4 is 15.8 Å². The smallest absolute Gasteiger partial charge is 0.434 e. The van der Waals surface area contributed by atoms with Gasteiger partial charge in [0.15, 0.2) is 0 Å². The third kappa shape index (κ3) is 4.23. The molecule has 0 aliphatic carbocycles. The van der Waals surface area contributed by atoms with Crippen molar-refractivity contribution in [3.63, 3.8) is 0 Å². The van der Waals surface area contributed by atoms with E-state index in [1.807, 2.05) is 16.7 Å². The van der Waals surface area contributed by atoms with Crippen molar-refractivity contribution in [2.24, 2.45) is 0 Å². The van der Waals surface area contributed by atoms with Crippen molar-refractivity contribution in [2.75, 3.05) is 11.6 Å². The molecule has 0 fully saturated rings. The summed E-state index contributed by atoms with van der Waals surface area (Å²) in [6.45, 7) is 6.44. The Morgan fingerprint density at radius 3 is 2.55 bits per heavy atom. The highest BCUT2D eigenvalue weighted by molar-refractivity contribution is 6.04. The van der Waals surface area contributed by atoms with Crippen LogP contribution in [0.5, 0.6) is 0 Å². The SMILES string of the molecule is CC(C)(C)OC(=O)N(NC(=O)c1ccc2cc3n(c2c1)CCNC3=O)c1ccccc1. The number of fused-ring (bicyclic) bond motifs is 3. The maximum absolute atomic E-state index is 13.0. The molecule has 0 radical (unpaired) electrons.